The largest absolute Gasteiger partial charge is 0.460 e. The van der Waals surface area contributed by atoms with Gasteiger partial charge in [-0.05, 0) is 13.8 Å². The Balaban J connectivity index is 6.25. The lowest BCUT2D eigenvalue weighted by Gasteiger charge is -2.39. The summed E-state index contributed by atoms with van der Waals surface area (Å²) >= 11 is 0. The minimum atomic E-state index is -8.04. The van der Waals surface area contributed by atoms with Crippen LogP contribution in [0.4, 0.5) is 57.1 Å². The first kappa shape index (κ1) is 23.6. The Morgan fingerprint density at radius 3 is 1.24 bits per heavy atom. The molecular formula is C10H7F13O2. The zero-order valence-electron chi connectivity index (χ0n) is 11.8. The third-order valence-corrected chi connectivity index (χ3v) is 2.53. The highest BCUT2D eigenvalue weighted by Gasteiger charge is 2.92. The van der Waals surface area contributed by atoms with E-state index >= 15 is 0 Å². The third-order valence-electron chi connectivity index (χ3n) is 2.53. The Labute approximate surface area is 129 Å². The van der Waals surface area contributed by atoms with Crippen LogP contribution < -0.4 is 0 Å². The molecule has 0 spiro atoms. The smallest absolute Gasteiger partial charge is 0.458 e. The molecule has 0 fully saturated rings. The second kappa shape index (κ2) is 6.07. The first-order chi connectivity index (χ1) is 10.6. The number of carbonyl (C=O) groups is 1. The SMILES string of the molecule is CC(C)OC(=O)C(F)(F)C(F)(F)C(F)(F)C(F)(F)C(F)(F)C(F)(F)F. The van der Waals surface area contributed by atoms with Gasteiger partial charge in [0, 0.05) is 0 Å². The molecule has 0 saturated heterocycles. The highest BCUT2D eigenvalue weighted by atomic mass is 19.4. The van der Waals surface area contributed by atoms with E-state index in [1.54, 1.807) is 0 Å². The van der Waals surface area contributed by atoms with Gasteiger partial charge in [-0.25, -0.2) is 4.79 Å². The number of ether oxygens (including phenoxy) is 1. The molecular weight excluding hydrogens is 399 g/mol. The molecule has 0 aliphatic rings. The fourth-order valence-electron chi connectivity index (χ4n) is 1.19. The van der Waals surface area contributed by atoms with E-state index in [4.69, 9.17) is 0 Å². The summed E-state index contributed by atoms with van der Waals surface area (Å²) in [5, 5.41) is 0. The van der Waals surface area contributed by atoms with Crippen LogP contribution in [0.5, 0.6) is 0 Å². The summed E-state index contributed by atoms with van der Waals surface area (Å²) in [4.78, 5) is 10.7. The number of esters is 1. The van der Waals surface area contributed by atoms with Gasteiger partial charge in [0.1, 0.15) is 0 Å². The van der Waals surface area contributed by atoms with E-state index < -0.39 is 47.9 Å². The van der Waals surface area contributed by atoms with Crippen molar-refractivity contribution in [1.29, 1.82) is 0 Å². The summed E-state index contributed by atoms with van der Waals surface area (Å²) in [6.07, 6.45) is -9.16. The number of carbonyl (C=O) groups excluding carboxylic acids is 1. The lowest BCUT2D eigenvalue weighted by molar-refractivity contribution is -0.437. The summed E-state index contributed by atoms with van der Waals surface area (Å²) in [6.45, 7) is 1.47. The molecule has 2 nitrogen and oxygen atoms in total. The van der Waals surface area contributed by atoms with Gasteiger partial charge < -0.3 is 4.74 Å². The van der Waals surface area contributed by atoms with Crippen molar-refractivity contribution in [2.24, 2.45) is 0 Å². The van der Waals surface area contributed by atoms with Gasteiger partial charge in [0.25, 0.3) is 0 Å². The van der Waals surface area contributed by atoms with Crippen molar-refractivity contribution in [2.75, 3.05) is 0 Å². The molecule has 15 heteroatoms. The van der Waals surface area contributed by atoms with E-state index in [2.05, 4.69) is 4.74 Å². The number of hydrogen-bond acceptors (Lipinski definition) is 2. The second-order valence-corrected chi connectivity index (χ2v) is 4.82. The van der Waals surface area contributed by atoms with E-state index in [0.717, 1.165) is 13.8 Å². The summed E-state index contributed by atoms with van der Waals surface area (Å²) in [7, 11) is 0. The monoisotopic (exact) mass is 406 g/mol. The van der Waals surface area contributed by atoms with Crippen molar-refractivity contribution in [3.05, 3.63) is 0 Å². The zero-order valence-corrected chi connectivity index (χ0v) is 11.8. The van der Waals surface area contributed by atoms with Crippen LogP contribution in [0.25, 0.3) is 0 Å². The lowest BCUT2D eigenvalue weighted by Crippen LogP contribution is -2.71. The van der Waals surface area contributed by atoms with E-state index in [0.29, 0.717) is 0 Å². The predicted octanol–water partition coefficient (Wildman–Crippen LogP) is 4.68. The Bertz CT molecular complexity index is 505. The van der Waals surface area contributed by atoms with Gasteiger partial charge in [-0.1, -0.05) is 0 Å². The topological polar surface area (TPSA) is 26.3 Å². The summed E-state index contributed by atoms with van der Waals surface area (Å²) in [5.41, 5.74) is 0. The van der Waals surface area contributed by atoms with Crippen LogP contribution >= 0.6 is 0 Å². The van der Waals surface area contributed by atoms with Gasteiger partial charge in [0.2, 0.25) is 0 Å². The molecule has 0 unspecified atom stereocenters. The number of rotatable bonds is 6. The Kier molecular flexibility index (Phi) is 5.72. The first-order valence-corrected chi connectivity index (χ1v) is 5.76. The van der Waals surface area contributed by atoms with Crippen LogP contribution in [0.15, 0.2) is 0 Å². The number of hydrogen-bond donors (Lipinski definition) is 0. The van der Waals surface area contributed by atoms with Crippen molar-refractivity contribution < 1.29 is 66.6 Å². The molecule has 0 atom stereocenters. The first-order valence-electron chi connectivity index (χ1n) is 5.76. The average molecular weight is 406 g/mol. The van der Waals surface area contributed by atoms with Crippen LogP contribution in [-0.4, -0.2) is 47.9 Å². The molecule has 0 aromatic rings. The molecule has 25 heavy (non-hydrogen) atoms. The Hall–Kier alpha value is -1.44. The molecule has 150 valence electrons. The van der Waals surface area contributed by atoms with E-state index in [1.165, 1.54) is 0 Å². The van der Waals surface area contributed by atoms with Crippen molar-refractivity contribution in [2.45, 2.75) is 55.7 Å². The fourth-order valence-corrected chi connectivity index (χ4v) is 1.19. The van der Waals surface area contributed by atoms with Gasteiger partial charge in [-0.15, -0.1) is 0 Å². The van der Waals surface area contributed by atoms with Crippen molar-refractivity contribution in [1.82, 2.24) is 0 Å². The van der Waals surface area contributed by atoms with Crippen molar-refractivity contribution in [3.63, 3.8) is 0 Å². The van der Waals surface area contributed by atoms with Crippen LogP contribution in [0, 0.1) is 0 Å². The van der Waals surface area contributed by atoms with Crippen LogP contribution in [0.2, 0.25) is 0 Å². The summed E-state index contributed by atoms with van der Waals surface area (Å²) < 4.78 is 168. The standard InChI is InChI=1S/C10H7F13O2/c1-3(2)25-4(24)5(11,12)6(13,14)7(15,16)8(17,18)9(19,20)10(21,22)23/h3H,1-2H3. The number of halogens is 13. The minimum absolute atomic E-state index is 0.733. The van der Waals surface area contributed by atoms with Crippen molar-refractivity contribution >= 4 is 5.97 Å². The van der Waals surface area contributed by atoms with Crippen LogP contribution in [0.3, 0.4) is 0 Å². The van der Waals surface area contributed by atoms with Gasteiger partial charge in [-0.3, -0.25) is 0 Å². The average Bonchev–Trinajstić information content (AvgIpc) is 2.35. The highest BCUT2D eigenvalue weighted by molar-refractivity contribution is 5.79. The van der Waals surface area contributed by atoms with Gasteiger partial charge in [0.05, 0.1) is 6.10 Å². The molecule has 0 saturated carbocycles. The van der Waals surface area contributed by atoms with E-state index in [-0.39, 0.29) is 0 Å². The maximum atomic E-state index is 13.1. The number of alkyl halides is 13. The molecule has 0 amide bonds. The fraction of sp³-hybridized carbons (Fsp3) is 0.900. The molecule has 0 aromatic heterocycles. The lowest BCUT2D eigenvalue weighted by atomic mass is 9.94. The van der Waals surface area contributed by atoms with Gasteiger partial charge in [0.15, 0.2) is 0 Å². The Morgan fingerprint density at radius 2 is 0.960 bits per heavy atom. The molecule has 0 radical (unpaired) electrons. The molecule has 0 aliphatic heterocycles. The molecule has 0 aromatic carbocycles. The Morgan fingerprint density at radius 1 is 0.640 bits per heavy atom. The molecule has 0 aliphatic carbocycles. The van der Waals surface area contributed by atoms with Gasteiger partial charge >= 0.3 is 41.8 Å². The molecule has 0 bridgehead atoms. The van der Waals surface area contributed by atoms with Crippen LogP contribution in [0.1, 0.15) is 13.8 Å². The normalized spacial score (nSPS) is 15.5. The predicted molar refractivity (Wildman–Crippen MR) is 52.0 cm³/mol. The zero-order chi connectivity index (χ0) is 20.9. The summed E-state index contributed by atoms with van der Waals surface area (Å²) in [6, 6.07) is 0. The minimum Gasteiger partial charge on any atom is -0.458 e. The molecule has 0 rings (SSSR count). The third kappa shape index (κ3) is 3.32. The van der Waals surface area contributed by atoms with Gasteiger partial charge in [-0.2, -0.15) is 57.1 Å². The molecule has 0 heterocycles. The van der Waals surface area contributed by atoms with Crippen LogP contribution in [-0.2, 0) is 9.53 Å². The maximum Gasteiger partial charge on any atom is 0.460 e. The molecule has 0 N–H and O–H groups in total. The summed E-state index contributed by atoms with van der Waals surface area (Å²) in [5.74, 6) is -41.9. The maximum absolute atomic E-state index is 13.1. The van der Waals surface area contributed by atoms with E-state index in [1.807, 2.05) is 0 Å². The second-order valence-electron chi connectivity index (χ2n) is 4.82. The van der Waals surface area contributed by atoms with Crippen molar-refractivity contribution in [3.8, 4) is 0 Å². The highest BCUT2D eigenvalue weighted by Crippen LogP contribution is 2.60. The van der Waals surface area contributed by atoms with E-state index in [9.17, 15) is 61.9 Å². The quantitative estimate of drug-likeness (QED) is 0.473.